The number of nitrogens with one attached hydrogen (secondary N) is 2. The van der Waals surface area contributed by atoms with Gasteiger partial charge in [-0.2, -0.15) is 0 Å². The number of carbonyl (C=O) groups excluding carboxylic acids is 1. The zero-order valence-corrected chi connectivity index (χ0v) is 15.5. The van der Waals surface area contributed by atoms with E-state index in [4.69, 9.17) is 0 Å². The number of para-hydroxylation sites is 1. The molecular formula is C19H27N5O. The number of rotatable bonds is 8. The molecule has 0 aliphatic heterocycles. The van der Waals surface area contributed by atoms with E-state index in [9.17, 15) is 4.79 Å². The van der Waals surface area contributed by atoms with Crippen molar-refractivity contribution in [3.63, 3.8) is 0 Å². The molecule has 1 amide bonds. The van der Waals surface area contributed by atoms with Crippen LogP contribution < -0.4 is 10.6 Å². The predicted molar refractivity (Wildman–Crippen MR) is 102 cm³/mol. The summed E-state index contributed by atoms with van der Waals surface area (Å²) in [6.07, 6.45) is 3.28. The molecule has 0 radical (unpaired) electrons. The SMILES string of the molecule is CCc1cccc(C)c1NC(=O)c1cc(NCCCN(C)C)ncn1. The predicted octanol–water partition coefficient (Wildman–Crippen LogP) is 2.96. The standard InChI is InChI=1S/C19H27N5O/c1-5-15-9-6-8-14(2)18(15)23-19(25)16-12-17(22-13-21-16)20-10-7-11-24(3)4/h6,8-9,12-13H,5,7,10-11H2,1-4H3,(H,23,25)(H,20,21,22). The van der Waals surface area contributed by atoms with Crippen molar-refractivity contribution in [1.82, 2.24) is 14.9 Å². The molecule has 0 aliphatic carbocycles. The van der Waals surface area contributed by atoms with Crippen LogP contribution in [0.5, 0.6) is 0 Å². The van der Waals surface area contributed by atoms with E-state index in [1.807, 2.05) is 39.2 Å². The van der Waals surface area contributed by atoms with Crippen molar-refractivity contribution in [2.75, 3.05) is 37.8 Å². The fourth-order valence-corrected chi connectivity index (χ4v) is 2.57. The summed E-state index contributed by atoms with van der Waals surface area (Å²) in [5.41, 5.74) is 3.39. The Kier molecular flexibility index (Phi) is 6.89. The molecule has 0 bridgehead atoms. The Morgan fingerprint density at radius 1 is 1.24 bits per heavy atom. The van der Waals surface area contributed by atoms with E-state index in [-0.39, 0.29) is 5.91 Å². The van der Waals surface area contributed by atoms with E-state index in [1.54, 1.807) is 6.07 Å². The highest BCUT2D eigenvalue weighted by molar-refractivity contribution is 6.04. The van der Waals surface area contributed by atoms with Crippen LogP contribution in [0.25, 0.3) is 0 Å². The second-order valence-electron chi connectivity index (χ2n) is 6.29. The maximum atomic E-state index is 12.6. The quantitative estimate of drug-likeness (QED) is 0.723. The maximum absolute atomic E-state index is 12.6. The number of nitrogens with zero attached hydrogens (tertiary/aromatic N) is 3. The minimum Gasteiger partial charge on any atom is -0.370 e. The second kappa shape index (κ2) is 9.13. The van der Waals surface area contributed by atoms with Crippen LogP contribution in [0.4, 0.5) is 11.5 Å². The van der Waals surface area contributed by atoms with Gasteiger partial charge in [0.05, 0.1) is 0 Å². The Hall–Kier alpha value is -2.47. The highest BCUT2D eigenvalue weighted by Gasteiger charge is 2.12. The molecule has 1 heterocycles. The van der Waals surface area contributed by atoms with Gasteiger partial charge in [0, 0.05) is 18.3 Å². The van der Waals surface area contributed by atoms with Gasteiger partial charge in [0.25, 0.3) is 5.91 Å². The fourth-order valence-electron chi connectivity index (χ4n) is 2.57. The van der Waals surface area contributed by atoms with Crippen LogP contribution in [-0.4, -0.2) is 48.0 Å². The van der Waals surface area contributed by atoms with Gasteiger partial charge in [-0.1, -0.05) is 25.1 Å². The van der Waals surface area contributed by atoms with Crippen molar-refractivity contribution in [2.45, 2.75) is 26.7 Å². The van der Waals surface area contributed by atoms with Gasteiger partial charge in [-0.05, 0) is 51.5 Å². The molecule has 1 aromatic carbocycles. The third-order valence-electron chi connectivity index (χ3n) is 3.97. The van der Waals surface area contributed by atoms with Crippen molar-refractivity contribution >= 4 is 17.4 Å². The van der Waals surface area contributed by atoms with Crippen molar-refractivity contribution in [1.29, 1.82) is 0 Å². The molecule has 2 N–H and O–H groups in total. The number of hydrogen-bond donors (Lipinski definition) is 2. The summed E-state index contributed by atoms with van der Waals surface area (Å²) in [6, 6.07) is 7.71. The normalized spacial score (nSPS) is 10.8. The molecule has 134 valence electrons. The molecule has 6 nitrogen and oxygen atoms in total. The van der Waals surface area contributed by atoms with E-state index < -0.39 is 0 Å². The molecular weight excluding hydrogens is 314 g/mol. The molecule has 0 fully saturated rings. The molecule has 0 saturated heterocycles. The van der Waals surface area contributed by atoms with Gasteiger partial charge in [-0.25, -0.2) is 9.97 Å². The first-order chi connectivity index (χ1) is 12.0. The van der Waals surface area contributed by atoms with E-state index in [2.05, 4.69) is 32.4 Å². The van der Waals surface area contributed by atoms with Gasteiger partial charge in [0.1, 0.15) is 17.8 Å². The van der Waals surface area contributed by atoms with Gasteiger partial charge in [-0.15, -0.1) is 0 Å². The number of aromatic nitrogens is 2. The third kappa shape index (κ3) is 5.53. The van der Waals surface area contributed by atoms with Crippen LogP contribution in [0, 0.1) is 6.92 Å². The number of anilines is 2. The molecule has 0 saturated carbocycles. The van der Waals surface area contributed by atoms with Gasteiger partial charge in [-0.3, -0.25) is 4.79 Å². The summed E-state index contributed by atoms with van der Waals surface area (Å²) in [7, 11) is 4.09. The molecule has 25 heavy (non-hydrogen) atoms. The second-order valence-corrected chi connectivity index (χ2v) is 6.29. The van der Waals surface area contributed by atoms with Gasteiger partial charge >= 0.3 is 0 Å². The fraction of sp³-hybridized carbons (Fsp3) is 0.421. The van der Waals surface area contributed by atoms with Crippen LogP contribution in [0.15, 0.2) is 30.6 Å². The number of hydrogen-bond acceptors (Lipinski definition) is 5. The zero-order chi connectivity index (χ0) is 18.2. The third-order valence-corrected chi connectivity index (χ3v) is 3.97. The zero-order valence-electron chi connectivity index (χ0n) is 15.5. The number of carbonyl (C=O) groups is 1. The Morgan fingerprint density at radius 3 is 2.76 bits per heavy atom. The van der Waals surface area contributed by atoms with Crippen molar-refractivity contribution in [3.8, 4) is 0 Å². The summed E-state index contributed by atoms with van der Waals surface area (Å²) >= 11 is 0. The van der Waals surface area contributed by atoms with Crippen molar-refractivity contribution in [3.05, 3.63) is 47.4 Å². The lowest BCUT2D eigenvalue weighted by Gasteiger charge is -2.13. The van der Waals surface area contributed by atoms with Crippen LogP contribution in [0.1, 0.15) is 35.0 Å². The van der Waals surface area contributed by atoms with Gasteiger partial charge in [0.2, 0.25) is 0 Å². The lowest BCUT2D eigenvalue weighted by molar-refractivity contribution is 0.102. The summed E-state index contributed by atoms with van der Waals surface area (Å²) in [6.45, 7) is 5.86. The monoisotopic (exact) mass is 341 g/mol. The van der Waals surface area contributed by atoms with E-state index in [1.165, 1.54) is 6.33 Å². The summed E-state index contributed by atoms with van der Waals surface area (Å²) in [5, 5.41) is 6.23. The Balaban J connectivity index is 2.04. The molecule has 0 spiro atoms. The van der Waals surface area contributed by atoms with Crippen molar-refractivity contribution < 1.29 is 4.79 Å². The van der Waals surface area contributed by atoms with Gasteiger partial charge in [0.15, 0.2) is 0 Å². The Morgan fingerprint density at radius 2 is 2.04 bits per heavy atom. The lowest BCUT2D eigenvalue weighted by Crippen LogP contribution is -2.18. The molecule has 2 aromatic rings. The van der Waals surface area contributed by atoms with E-state index >= 15 is 0 Å². The summed E-state index contributed by atoms with van der Waals surface area (Å²) in [4.78, 5) is 23.0. The van der Waals surface area contributed by atoms with Crippen molar-refractivity contribution in [2.24, 2.45) is 0 Å². The minimum atomic E-state index is -0.220. The number of aryl methyl sites for hydroxylation is 2. The van der Waals surface area contributed by atoms with E-state index in [0.717, 1.165) is 42.7 Å². The smallest absolute Gasteiger partial charge is 0.274 e. The highest BCUT2D eigenvalue weighted by atomic mass is 16.1. The highest BCUT2D eigenvalue weighted by Crippen LogP contribution is 2.21. The first-order valence-electron chi connectivity index (χ1n) is 8.61. The average Bonchev–Trinajstić information content (AvgIpc) is 2.60. The molecule has 0 unspecified atom stereocenters. The largest absolute Gasteiger partial charge is 0.370 e. The summed E-state index contributed by atoms with van der Waals surface area (Å²) in [5.74, 6) is 0.446. The summed E-state index contributed by atoms with van der Waals surface area (Å²) < 4.78 is 0. The first-order valence-corrected chi connectivity index (χ1v) is 8.61. The lowest BCUT2D eigenvalue weighted by atomic mass is 10.1. The minimum absolute atomic E-state index is 0.220. The van der Waals surface area contributed by atoms with Crippen LogP contribution in [-0.2, 0) is 6.42 Å². The molecule has 6 heteroatoms. The molecule has 2 rings (SSSR count). The molecule has 0 atom stereocenters. The number of benzene rings is 1. The molecule has 1 aromatic heterocycles. The van der Waals surface area contributed by atoms with Gasteiger partial charge < -0.3 is 15.5 Å². The van der Waals surface area contributed by atoms with Crippen LogP contribution in [0.3, 0.4) is 0 Å². The van der Waals surface area contributed by atoms with Crippen LogP contribution in [0.2, 0.25) is 0 Å². The van der Waals surface area contributed by atoms with Crippen LogP contribution >= 0.6 is 0 Å². The van der Waals surface area contributed by atoms with E-state index in [0.29, 0.717) is 11.5 Å². The maximum Gasteiger partial charge on any atom is 0.274 e. The topological polar surface area (TPSA) is 70.2 Å². The average molecular weight is 341 g/mol. The number of amides is 1. The first kappa shape index (κ1) is 18.9. The Bertz CT molecular complexity index is 715. The molecule has 0 aliphatic rings. The Labute approximate surface area is 149 Å².